The highest BCUT2D eigenvalue weighted by Gasteiger charge is 2.30. The molecular formula is C9H21N3O2S. The van der Waals surface area contributed by atoms with Gasteiger partial charge in [-0.25, -0.2) is 4.72 Å². The lowest BCUT2D eigenvalue weighted by molar-refractivity contribution is 0.399. The number of nitrogens with one attached hydrogen (secondary N) is 1. The zero-order valence-electron chi connectivity index (χ0n) is 9.60. The molecular weight excluding hydrogens is 214 g/mol. The van der Waals surface area contributed by atoms with E-state index in [0.717, 1.165) is 12.8 Å². The average molecular weight is 235 g/mol. The maximum absolute atomic E-state index is 11.7. The van der Waals surface area contributed by atoms with Gasteiger partial charge in [0.05, 0.1) is 0 Å². The highest BCUT2D eigenvalue weighted by Crippen LogP contribution is 2.31. The van der Waals surface area contributed by atoms with Gasteiger partial charge in [0.25, 0.3) is 10.2 Å². The summed E-state index contributed by atoms with van der Waals surface area (Å²) in [6.07, 6.45) is 2.26. The van der Waals surface area contributed by atoms with Gasteiger partial charge in [0.15, 0.2) is 0 Å². The van der Waals surface area contributed by atoms with Crippen LogP contribution in [0.4, 0.5) is 0 Å². The third-order valence-electron chi connectivity index (χ3n) is 2.84. The van der Waals surface area contributed by atoms with Gasteiger partial charge in [0.2, 0.25) is 0 Å². The minimum atomic E-state index is -3.36. The van der Waals surface area contributed by atoms with Crippen molar-refractivity contribution in [2.75, 3.05) is 13.6 Å². The van der Waals surface area contributed by atoms with Crippen LogP contribution in [0.5, 0.6) is 0 Å². The molecule has 3 N–H and O–H groups in total. The van der Waals surface area contributed by atoms with E-state index in [9.17, 15) is 8.42 Å². The first kappa shape index (κ1) is 12.9. The normalized spacial score (nSPS) is 19.9. The van der Waals surface area contributed by atoms with E-state index in [-0.39, 0.29) is 12.1 Å². The average Bonchev–Trinajstić information content (AvgIpc) is 2.96. The SMILES string of the molecule is CC(C)N(C)S(=O)(=O)NCC(N)C1CC1. The summed E-state index contributed by atoms with van der Waals surface area (Å²) >= 11 is 0. The third kappa shape index (κ3) is 3.71. The summed E-state index contributed by atoms with van der Waals surface area (Å²) in [6, 6.07) is -0.0833. The number of hydrogen-bond donors (Lipinski definition) is 2. The molecule has 6 heteroatoms. The standard InChI is InChI=1S/C9H21N3O2S/c1-7(2)12(3)15(13,14)11-6-9(10)8-4-5-8/h7-9,11H,4-6,10H2,1-3H3. The van der Waals surface area contributed by atoms with Crippen molar-refractivity contribution in [3.63, 3.8) is 0 Å². The number of hydrogen-bond acceptors (Lipinski definition) is 3. The minimum absolute atomic E-state index is 0.0414. The molecule has 0 heterocycles. The molecule has 0 aliphatic heterocycles. The van der Waals surface area contributed by atoms with E-state index in [2.05, 4.69) is 4.72 Å². The van der Waals surface area contributed by atoms with Crippen LogP contribution in [0.1, 0.15) is 26.7 Å². The molecule has 0 aromatic rings. The van der Waals surface area contributed by atoms with Crippen LogP contribution < -0.4 is 10.5 Å². The van der Waals surface area contributed by atoms with Crippen molar-refractivity contribution >= 4 is 10.2 Å². The Morgan fingerprint density at radius 3 is 2.40 bits per heavy atom. The molecule has 15 heavy (non-hydrogen) atoms. The summed E-state index contributed by atoms with van der Waals surface area (Å²) in [5.74, 6) is 0.511. The lowest BCUT2D eigenvalue weighted by Crippen LogP contribution is -2.46. The summed E-state index contributed by atoms with van der Waals surface area (Å²) in [5.41, 5.74) is 5.82. The van der Waals surface area contributed by atoms with Crippen molar-refractivity contribution in [1.82, 2.24) is 9.03 Å². The lowest BCUT2D eigenvalue weighted by atomic mass is 10.2. The fraction of sp³-hybridized carbons (Fsp3) is 1.00. The van der Waals surface area contributed by atoms with Gasteiger partial charge in [0, 0.05) is 25.7 Å². The summed E-state index contributed by atoms with van der Waals surface area (Å²) < 4.78 is 27.2. The Labute approximate surface area is 92.2 Å². The van der Waals surface area contributed by atoms with Crippen molar-refractivity contribution < 1.29 is 8.42 Å². The zero-order valence-corrected chi connectivity index (χ0v) is 10.4. The van der Waals surface area contributed by atoms with Gasteiger partial charge < -0.3 is 5.73 Å². The molecule has 1 aliphatic carbocycles. The Balaban J connectivity index is 2.41. The number of rotatable bonds is 6. The van der Waals surface area contributed by atoms with E-state index in [4.69, 9.17) is 5.73 Å². The second-order valence-corrected chi connectivity index (χ2v) is 6.28. The molecule has 0 aromatic carbocycles. The van der Waals surface area contributed by atoms with Crippen LogP contribution in [0, 0.1) is 5.92 Å². The lowest BCUT2D eigenvalue weighted by Gasteiger charge is -2.22. The predicted octanol–water partition coefficient (Wildman–Crippen LogP) is -0.102. The molecule has 0 radical (unpaired) electrons. The van der Waals surface area contributed by atoms with Crippen molar-refractivity contribution in [1.29, 1.82) is 0 Å². The molecule has 0 saturated heterocycles. The van der Waals surface area contributed by atoms with Crippen LogP contribution in [-0.4, -0.2) is 38.4 Å². The van der Waals surface area contributed by atoms with Gasteiger partial charge in [-0.1, -0.05) is 0 Å². The van der Waals surface area contributed by atoms with Crippen molar-refractivity contribution in [2.24, 2.45) is 11.7 Å². The Morgan fingerprint density at radius 2 is 2.00 bits per heavy atom. The Kier molecular flexibility index (Phi) is 4.11. The van der Waals surface area contributed by atoms with E-state index < -0.39 is 10.2 Å². The molecule has 5 nitrogen and oxygen atoms in total. The molecule has 1 atom stereocenters. The quantitative estimate of drug-likeness (QED) is 0.675. The first-order valence-electron chi connectivity index (χ1n) is 5.33. The summed E-state index contributed by atoms with van der Waals surface area (Å²) in [4.78, 5) is 0. The monoisotopic (exact) mass is 235 g/mol. The maximum Gasteiger partial charge on any atom is 0.279 e. The van der Waals surface area contributed by atoms with Crippen LogP contribution >= 0.6 is 0 Å². The van der Waals surface area contributed by atoms with Gasteiger partial charge in [0.1, 0.15) is 0 Å². The van der Waals surface area contributed by atoms with Crippen LogP contribution in [0.25, 0.3) is 0 Å². The minimum Gasteiger partial charge on any atom is -0.326 e. The van der Waals surface area contributed by atoms with Crippen molar-refractivity contribution in [3.8, 4) is 0 Å². The predicted molar refractivity (Wildman–Crippen MR) is 60.5 cm³/mol. The number of nitrogens with two attached hydrogens (primary N) is 1. The Morgan fingerprint density at radius 1 is 1.47 bits per heavy atom. The number of nitrogens with zero attached hydrogens (tertiary/aromatic N) is 1. The fourth-order valence-electron chi connectivity index (χ4n) is 1.27. The van der Waals surface area contributed by atoms with E-state index in [0.29, 0.717) is 12.5 Å². The maximum atomic E-state index is 11.7. The molecule has 1 saturated carbocycles. The first-order chi connectivity index (χ1) is 6.84. The van der Waals surface area contributed by atoms with Crippen LogP contribution in [0.3, 0.4) is 0 Å². The van der Waals surface area contributed by atoms with E-state index >= 15 is 0 Å². The van der Waals surface area contributed by atoms with E-state index in [1.54, 1.807) is 7.05 Å². The molecule has 0 bridgehead atoms. The summed E-state index contributed by atoms with van der Waals surface area (Å²) in [5, 5.41) is 0. The van der Waals surface area contributed by atoms with Gasteiger partial charge in [-0.2, -0.15) is 12.7 Å². The molecule has 1 rings (SSSR count). The zero-order chi connectivity index (χ0) is 11.6. The van der Waals surface area contributed by atoms with Crippen LogP contribution in [-0.2, 0) is 10.2 Å². The molecule has 1 fully saturated rings. The fourth-order valence-corrected chi connectivity index (χ4v) is 2.43. The first-order valence-corrected chi connectivity index (χ1v) is 6.77. The van der Waals surface area contributed by atoms with E-state index in [1.165, 1.54) is 4.31 Å². The molecule has 1 aliphatic rings. The van der Waals surface area contributed by atoms with Gasteiger partial charge in [-0.15, -0.1) is 0 Å². The molecule has 0 aromatic heterocycles. The smallest absolute Gasteiger partial charge is 0.279 e. The molecule has 0 spiro atoms. The van der Waals surface area contributed by atoms with Gasteiger partial charge >= 0.3 is 0 Å². The highest BCUT2D eigenvalue weighted by atomic mass is 32.2. The van der Waals surface area contributed by atoms with Gasteiger partial charge in [-0.3, -0.25) is 0 Å². The second-order valence-electron chi connectivity index (χ2n) is 4.46. The third-order valence-corrected chi connectivity index (χ3v) is 4.55. The Hall–Kier alpha value is -0.170. The summed E-state index contributed by atoms with van der Waals surface area (Å²) in [6.45, 7) is 4.00. The molecule has 90 valence electrons. The van der Waals surface area contributed by atoms with Gasteiger partial charge in [-0.05, 0) is 32.6 Å². The van der Waals surface area contributed by atoms with E-state index in [1.807, 2.05) is 13.8 Å². The second kappa shape index (κ2) is 4.78. The topological polar surface area (TPSA) is 75.4 Å². The largest absolute Gasteiger partial charge is 0.326 e. The summed E-state index contributed by atoms with van der Waals surface area (Å²) in [7, 11) is -1.79. The highest BCUT2D eigenvalue weighted by molar-refractivity contribution is 7.87. The molecule has 1 unspecified atom stereocenters. The van der Waals surface area contributed by atoms with Crippen molar-refractivity contribution in [2.45, 2.75) is 38.8 Å². The molecule has 0 amide bonds. The van der Waals surface area contributed by atoms with Crippen LogP contribution in [0.2, 0.25) is 0 Å². The Bertz CT molecular complexity index is 298. The van der Waals surface area contributed by atoms with Crippen LogP contribution in [0.15, 0.2) is 0 Å². The van der Waals surface area contributed by atoms with Crippen molar-refractivity contribution in [3.05, 3.63) is 0 Å².